The number of piperidine rings is 1. The van der Waals surface area contributed by atoms with E-state index in [1.165, 1.54) is 5.39 Å². The van der Waals surface area contributed by atoms with E-state index >= 15 is 0 Å². The van der Waals surface area contributed by atoms with Crippen LogP contribution in [0.3, 0.4) is 0 Å². The predicted octanol–water partition coefficient (Wildman–Crippen LogP) is 4.50. The van der Waals surface area contributed by atoms with Crippen molar-refractivity contribution in [3.63, 3.8) is 0 Å². The number of aryl methyl sites for hydroxylation is 1. The molecular weight excluding hydrogens is 334 g/mol. The molecule has 0 spiro atoms. The van der Waals surface area contributed by atoms with Crippen LogP contribution in [-0.2, 0) is 0 Å². The molecule has 1 aromatic carbocycles. The summed E-state index contributed by atoms with van der Waals surface area (Å²) >= 11 is 0. The summed E-state index contributed by atoms with van der Waals surface area (Å²) in [5.74, 6) is 0.572. The van der Waals surface area contributed by atoms with Crippen molar-refractivity contribution in [3.8, 4) is 6.07 Å². The molecule has 0 radical (unpaired) electrons. The van der Waals surface area contributed by atoms with Crippen molar-refractivity contribution >= 4 is 28.4 Å². The zero-order chi connectivity index (χ0) is 18.6. The Balaban J connectivity index is 1.69. The number of rotatable bonds is 4. The fourth-order valence-electron chi connectivity index (χ4n) is 3.66. The van der Waals surface area contributed by atoms with Crippen molar-refractivity contribution in [2.45, 2.75) is 19.8 Å². The van der Waals surface area contributed by atoms with Crippen molar-refractivity contribution in [1.29, 1.82) is 5.26 Å². The van der Waals surface area contributed by atoms with Crippen LogP contribution >= 0.6 is 0 Å². The summed E-state index contributed by atoms with van der Waals surface area (Å²) in [6.07, 6.45) is 12.0. The lowest BCUT2D eigenvalue weighted by molar-refractivity contribution is 0.438. The molecule has 3 aromatic rings. The minimum absolute atomic E-state index is 0.552. The molecule has 5 heteroatoms. The maximum atomic E-state index is 9.58. The average Bonchev–Trinajstić information content (AvgIpc) is 3.19. The molecule has 0 saturated carbocycles. The number of hydrogen-bond donors (Lipinski definition) is 3. The molecule has 0 amide bonds. The molecule has 0 atom stereocenters. The van der Waals surface area contributed by atoms with Gasteiger partial charge in [0.05, 0.1) is 11.3 Å². The molecule has 5 nitrogen and oxygen atoms in total. The summed E-state index contributed by atoms with van der Waals surface area (Å²) in [4.78, 5) is 7.49. The van der Waals surface area contributed by atoms with Crippen molar-refractivity contribution in [2.24, 2.45) is 5.92 Å². The second-order valence-corrected chi connectivity index (χ2v) is 7.01. The molecule has 136 valence electrons. The Morgan fingerprint density at radius 1 is 1.22 bits per heavy atom. The van der Waals surface area contributed by atoms with Crippen LogP contribution in [0.1, 0.15) is 29.5 Å². The third kappa shape index (κ3) is 3.57. The Morgan fingerprint density at radius 3 is 2.89 bits per heavy atom. The van der Waals surface area contributed by atoms with E-state index in [4.69, 9.17) is 0 Å². The van der Waals surface area contributed by atoms with Gasteiger partial charge in [0.2, 0.25) is 0 Å². The SMILES string of the molecule is Cc1c(Nc2c(C#N)cncc2C=CC2CCNCC2)ccc2[nH]ccc12. The van der Waals surface area contributed by atoms with Gasteiger partial charge in [0.25, 0.3) is 0 Å². The van der Waals surface area contributed by atoms with Gasteiger partial charge >= 0.3 is 0 Å². The number of aromatic amines is 1. The third-order valence-electron chi connectivity index (χ3n) is 5.29. The van der Waals surface area contributed by atoms with Crippen LogP contribution in [0.4, 0.5) is 11.4 Å². The van der Waals surface area contributed by atoms with Crippen LogP contribution in [0, 0.1) is 24.2 Å². The zero-order valence-corrected chi connectivity index (χ0v) is 15.4. The summed E-state index contributed by atoms with van der Waals surface area (Å²) in [7, 11) is 0. The number of aromatic nitrogens is 2. The van der Waals surface area contributed by atoms with Gasteiger partial charge in [-0.2, -0.15) is 5.26 Å². The minimum atomic E-state index is 0.552. The molecule has 3 heterocycles. The Morgan fingerprint density at radius 2 is 2.07 bits per heavy atom. The molecule has 2 aromatic heterocycles. The van der Waals surface area contributed by atoms with Crippen LogP contribution in [0.5, 0.6) is 0 Å². The summed E-state index contributed by atoms with van der Waals surface area (Å²) in [6.45, 7) is 4.22. The molecule has 0 bridgehead atoms. The fraction of sp³-hybridized carbons (Fsp3) is 0.273. The highest BCUT2D eigenvalue weighted by Crippen LogP contribution is 2.31. The number of nitrogens with one attached hydrogen (secondary N) is 3. The predicted molar refractivity (Wildman–Crippen MR) is 110 cm³/mol. The number of allylic oxidation sites excluding steroid dienone is 1. The van der Waals surface area contributed by atoms with Crippen LogP contribution in [0.25, 0.3) is 17.0 Å². The Kier molecular flexibility index (Phi) is 4.91. The smallest absolute Gasteiger partial charge is 0.103 e. The Labute approximate surface area is 159 Å². The number of H-pyrrole nitrogens is 1. The second kappa shape index (κ2) is 7.65. The topological polar surface area (TPSA) is 76.5 Å². The van der Waals surface area contributed by atoms with E-state index < -0.39 is 0 Å². The molecule has 1 aliphatic rings. The monoisotopic (exact) mass is 357 g/mol. The highest BCUT2D eigenvalue weighted by Gasteiger charge is 2.13. The first-order valence-corrected chi connectivity index (χ1v) is 9.37. The van der Waals surface area contributed by atoms with Crippen LogP contribution in [0.15, 0.2) is 42.9 Å². The first-order chi connectivity index (χ1) is 13.3. The summed E-state index contributed by atoms with van der Waals surface area (Å²) < 4.78 is 0. The molecular formula is C22H23N5. The number of hydrogen-bond acceptors (Lipinski definition) is 4. The lowest BCUT2D eigenvalue weighted by atomic mass is 9.96. The first-order valence-electron chi connectivity index (χ1n) is 9.37. The van der Waals surface area contributed by atoms with E-state index in [0.29, 0.717) is 11.5 Å². The standard InChI is InChI=1S/C22H23N5/c1-15-19-8-11-26-21(19)5-4-20(15)27-22-17(13-25-14-18(22)12-23)3-2-16-6-9-24-10-7-16/h2-5,8,11,13-14,16,24,26H,6-7,9-10H2,1H3,(H,25,27). The van der Waals surface area contributed by atoms with E-state index in [9.17, 15) is 5.26 Å². The lowest BCUT2D eigenvalue weighted by Crippen LogP contribution is -2.26. The zero-order valence-electron chi connectivity index (χ0n) is 15.4. The van der Waals surface area contributed by atoms with Gasteiger partial charge in [-0.05, 0) is 62.5 Å². The number of nitrogens with zero attached hydrogens (tertiary/aromatic N) is 2. The molecule has 1 aliphatic heterocycles. The average molecular weight is 357 g/mol. The molecule has 0 aliphatic carbocycles. The maximum Gasteiger partial charge on any atom is 0.103 e. The van der Waals surface area contributed by atoms with Crippen molar-refractivity contribution in [2.75, 3.05) is 18.4 Å². The molecule has 4 rings (SSSR count). The normalized spacial score (nSPS) is 15.3. The number of benzene rings is 1. The number of pyridine rings is 1. The van der Waals surface area contributed by atoms with Gasteiger partial charge < -0.3 is 15.6 Å². The van der Waals surface area contributed by atoms with E-state index in [-0.39, 0.29) is 0 Å². The number of anilines is 2. The maximum absolute atomic E-state index is 9.58. The summed E-state index contributed by atoms with van der Waals surface area (Å²) in [6, 6.07) is 8.46. The van der Waals surface area contributed by atoms with Crippen molar-refractivity contribution in [3.05, 3.63) is 59.6 Å². The largest absolute Gasteiger partial charge is 0.361 e. The van der Waals surface area contributed by atoms with Crippen LogP contribution in [0.2, 0.25) is 0 Å². The number of nitriles is 1. The lowest BCUT2D eigenvalue weighted by Gasteiger charge is -2.19. The molecule has 3 N–H and O–H groups in total. The molecule has 1 fully saturated rings. The third-order valence-corrected chi connectivity index (χ3v) is 5.29. The highest BCUT2D eigenvalue weighted by molar-refractivity contribution is 5.89. The van der Waals surface area contributed by atoms with Gasteiger partial charge in [0, 0.05) is 40.7 Å². The fourth-order valence-corrected chi connectivity index (χ4v) is 3.66. The molecule has 27 heavy (non-hydrogen) atoms. The quantitative estimate of drug-likeness (QED) is 0.642. The van der Waals surface area contributed by atoms with Crippen LogP contribution in [-0.4, -0.2) is 23.1 Å². The van der Waals surface area contributed by atoms with Gasteiger partial charge in [-0.3, -0.25) is 4.98 Å². The summed E-state index contributed by atoms with van der Waals surface area (Å²) in [5.41, 5.74) is 5.58. The van der Waals surface area contributed by atoms with E-state index in [1.54, 1.807) is 6.20 Å². The number of fused-ring (bicyclic) bond motifs is 1. The Hall–Kier alpha value is -3.10. The Bertz CT molecular complexity index is 1020. The molecule has 1 saturated heterocycles. The second-order valence-electron chi connectivity index (χ2n) is 7.01. The first kappa shape index (κ1) is 17.3. The minimum Gasteiger partial charge on any atom is -0.361 e. The molecule has 0 unspecified atom stereocenters. The van der Waals surface area contributed by atoms with Gasteiger partial charge in [0.1, 0.15) is 6.07 Å². The van der Waals surface area contributed by atoms with Gasteiger partial charge in [-0.15, -0.1) is 0 Å². The van der Waals surface area contributed by atoms with Gasteiger partial charge in [-0.25, -0.2) is 0 Å². The highest BCUT2D eigenvalue weighted by atomic mass is 14.9. The van der Waals surface area contributed by atoms with Gasteiger partial charge in [-0.1, -0.05) is 12.2 Å². The van der Waals surface area contributed by atoms with Crippen molar-refractivity contribution < 1.29 is 0 Å². The van der Waals surface area contributed by atoms with Crippen molar-refractivity contribution in [1.82, 2.24) is 15.3 Å². The summed E-state index contributed by atoms with van der Waals surface area (Å²) in [5, 5.41) is 17.6. The van der Waals surface area contributed by atoms with E-state index in [2.05, 4.69) is 63.9 Å². The van der Waals surface area contributed by atoms with Crippen LogP contribution < -0.4 is 10.6 Å². The van der Waals surface area contributed by atoms with Gasteiger partial charge in [0.15, 0.2) is 0 Å². The van der Waals surface area contributed by atoms with E-state index in [0.717, 1.165) is 53.9 Å². The van der Waals surface area contributed by atoms with E-state index in [1.807, 2.05) is 12.4 Å².